The molecule has 0 aromatic heterocycles. The number of hydrogen-bond acceptors (Lipinski definition) is 2. The summed E-state index contributed by atoms with van der Waals surface area (Å²) in [6.45, 7) is 2.14. The molecule has 1 amide bonds. The smallest absolute Gasteiger partial charge is 0.228 e. The molecule has 0 unspecified atom stereocenters. The average molecular weight is 280 g/mol. The van der Waals surface area contributed by atoms with E-state index in [-0.39, 0.29) is 11.7 Å². The molecule has 1 aliphatic heterocycles. The molecule has 1 N–H and O–H groups in total. The Labute approximate surface area is 118 Å². The van der Waals surface area contributed by atoms with Gasteiger partial charge < -0.3 is 5.32 Å². The molecule has 102 valence electrons. The molecule has 0 saturated carbocycles. The number of fused-ring (bicyclic) bond motifs is 1. The van der Waals surface area contributed by atoms with Crippen molar-refractivity contribution in [3.8, 4) is 0 Å². The summed E-state index contributed by atoms with van der Waals surface area (Å²) in [7, 11) is 0. The van der Waals surface area contributed by atoms with Crippen LogP contribution in [0.1, 0.15) is 54.9 Å². The lowest BCUT2D eigenvalue weighted by molar-refractivity contribution is -0.115. The van der Waals surface area contributed by atoms with Crippen molar-refractivity contribution >= 4 is 29.0 Å². The predicted molar refractivity (Wildman–Crippen MR) is 76.9 cm³/mol. The molecule has 19 heavy (non-hydrogen) atoms. The number of hydrogen-bond donors (Lipinski definition) is 1. The van der Waals surface area contributed by atoms with Crippen LogP contribution in [-0.2, 0) is 11.2 Å². The van der Waals surface area contributed by atoms with Crippen LogP contribution in [0.15, 0.2) is 12.1 Å². The highest BCUT2D eigenvalue weighted by Gasteiger charge is 2.21. The van der Waals surface area contributed by atoms with Gasteiger partial charge in [0, 0.05) is 17.7 Å². The second kappa shape index (κ2) is 6.20. The van der Waals surface area contributed by atoms with E-state index in [4.69, 9.17) is 11.6 Å². The van der Waals surface area contributed by atoms with Crippen LogP contribution in [0.3, 0.4) is 0 Å². The molecule has 0 atom stereocenters. The Morgan fingerprint density at radius 1 is 1.32 bits per heavy atom. The average Bonchev–Trinajstić information content (AvgIpc) is 2.72. The third kappa shape index (κ3) is 3.35. The molecule has 0 spiro atoms. The Balaban J connectivity index is 2.06. The van der Waals surface area contributed by atoms with E-state index in [9.17, 15) is 9.59 Å². The van der Waals surface area contributed by atoms with Crippen LogP contribution in [0.4, 0.5) is 5.69 Å². The number of benzene rings is 1. The molecule has 0 saturated heterocycles. The van der Waals surface area contributed by atoms with E-state index in [0.29, 0.717) is 23.4 Å². The third-order valence-electron chi connectivity index (χ3n) is 3.38. The molecule has 3 nitrogen and oxygen atoms in total. The number of nitrogens with one attached hydrogen (secondary N) is 1. The van der Waals surface area contributed by atoms with Crippen molar-refractivity contribution in [3.05, 3.63) is 28.3 Å². The highest BCUT2D eigenvalue weighted by molar-refractivity contribution is 6.34. The van der Waals surface area contributed by atoms with Crippen molar-refractivity contribution in [1.29, 1.82) is 0 Å². The number of carbonyl (C=O) groups is 2. The van der Waals surface area contributed by atoms with Gasteiger partial charge >= 0.3 is 0 Å². The molecule has 2 rings (SSSR count). The lowest BCUT2D eigenvalue weighted by atomic mass is 10.0. The van der Waals surface area contributed by atoms with Crippen molar-refractivity contribution in [1.82, 2.24) is 0 Å². The van der Waals surface area contributed by atoms with Crippen LogP contribution in [0.2, 0.25) is 5.02 Å². The summed E-state index contributed by atoms with van der Waals surface area (Å²) in [4.78, 5) is 23.4. The fourth-order valence-corrected chi connectivity index (χ4v) is 2.58. The van der Waals surface area contributed by atoms with Crippen LogP contribution in [-0.4, -0.2) is 11.7 Å². The summed E-state index contributed by atoms with van der Waals surface area (Å²) in [5.41, 5.74) is 2.15. The molecule has 1 aromatic carbocycles. The number of Topliss-reactive ketones (excluding diaryl/α,β-unsaturated/α-hetero) is 1. The first-order chi connectivity index (χ1) is 9.11. The molecular formula is C15H18ClNO2. The van der Waals surface area contributed by atoms with E-state index in [2.05, 4.69) is 12.2 Å². The van der Waals surface area contributed by atoms with Crippen LogP contribution in [0, 0.1) is 0 Å². The quantitative estimate of drug-likeness (QED) is 0.632. The van der Waals surface area contributed by atoms with Gasteiger partial charge in [-0.25, -0.2) is 0 Å². The number of amides is 1. The number of carbonyl (C=O) groups excluding carboxylic acids is 2. The monoisotopic (exact) mass is 279 g/mol. The molecule has 1 aromatic rings. The normalized spacial score (nSPS) is 13.3. The number of rotatable bonds is 6. The first kappa shape index (κ1) is 14.1. The number of halogens is 1. The van der Waals surface area contributed by atoms with Gasteiger partial charge in [-0.3, -0.25) is 9.59 Å². The fraction of sp³-hybridized carbons (Fsp3) is 0.467. The Morgan fingerprint density at radius 3 is 2.84 bits per heavy atom. The second-order valence-corrected chi connectivity index (χ2v) is 5.36. The van der Waals surface area contributed by atoms with E-state index in [0.717, 1.165) is 36.9 Å². The predicted octanol–water partition coefficient (Wildman–Crippen LogP) is 3.99. The molecule has 1 heterocycles. The molecule has 0 bridgehead atoms. The van der Waals surface area contributed by atoms with Gasteiger partial charge in [-0.05, 0) is 24.1 Å². The Kier molecular flexibility index (Phi) is 4.59. The van der Waals surface area contributed by atoms with Gasteiger partial charge in [0.1, 0.15) is 0 Å². The summed E-state index contributed by atoms with van der Waals surface area (Å²) in [6.07, 6.45) is 5.15. The lowest BCUT2D eigenvalue weighted by Crippen LogP contribution is -2.03. The number of unbranched alkanes of at least 4 members (excludes halogenated alkanes) is 3. The van der Waals surface area contributed by atoms with Gasteiger partial charge in [-0.15, -0.1) is 0 Å². The van der Waals surface area contributed by atoms with Crippen molar-refractivity contribution in [2.45, 2.75) is 45.4 Å². The summed E-state index contributed by atoms with van der Waals surface area (Å²) in [5, 5.41) is 3.16. The standard InChI is InChI=1S/C15H18ClNO2/c1-2-3-4-5-6-14(18)11-7-10-8-15(19)17-13(10)9-12(11)16/h7,9H,2-6,8H2,1H3,(H,17,19). The SMILES string of the molecule is CCCCCCC(=O)c1cc2c(cc1Cl)NC(=O)C2. The summed E-state index contributed by atoms with van der Waals surface area (Å²) in [5.74, 6) is 0.0295. The van der Waals surface area contributed by atoms with Gasteiger partial charge in [-0.2, -0.15) is 0 Å². The highest BCUT2D eigenvalue weighted by Crippen LogP contribution is 2.30. The van der Waals surface area contributed by atoms with Gasteiger partial charge in [0.05, 0.1) is 11.4 Å². The van der Waals surface area contributed by atoms with Crippen LogP contribution in [0.5, 0.6) is 0 Å². The Hall–Kier alpha value is -1.35. The lowest BCUT2D eigenvalue weighted by Gasteiger charge is -2.06. The van der Waals surface area contributed by atoms with E-state index in [1.807, 2.05) is 0 Å². The largest absolute Gasteiger partial charge is 0.325 e. The van der Waals surface area contributed by atoms with E-state index in [1.165, 1.54) is 0 Å². The number of anilines is 1. The van der Waals surface area contributed by atoms with Crippen molar-refractivity contribution in [2.75, 3.05) is 5.32 Å². The molecule has 0 aliphatic carbocycles. The maximum Gasteiger partial charge on any atom is 0.228 e. The van der Waals surface area contributed by atoms with Crippen molar-refractivity contribution < 1.29 is 9.59 Å². The molecule has 4 heteroatoms. The fourth-order valence-electron chi connectivity index (χ4n) is 2.31. The molecular weight excluding hydrogens is 262 g/mol. The minimum absolute atomic E-state index is 0.0430. The highest BCUT2D eigenvalue weighted by atomic mass is 35.5. The summed E-state index contributed by atoms with van der Waals surface area (Å²) in [6, 6.07) is 3.44. The third-order valence-corrected chi connectivity index (χ3v) is 3.69. The minimum atomic E-state index is -0.0430. The Morgan fingerprint density at radius 2 is 2.11 bits per heavy atom. The first-order valence-corrected chi connectivity index (χ1v) is 7.15. The van der Waals surface area contributed by atoms with Crippen molar-refractivity contribution in [2.24, 2.45) is 0 Å². The number of ketones is 1. The van der Waals surface area contributed by atoms with Crippen LogP contribution >= 0.6 is 11.6 Å². The molecule has 0 radical (unpaired) electrons. The summed E-state index contributed by atoms with van der Waals surface area (Å²) >= 11 is 6.12. The topological polar surface area (TPSA) is 46.2 Å². The second-order valence-electron chi connectivity index (χ2n) is 4.95. The van der Waals surface area contributed by atoms with Gasteiger partial charge in [0.15, 0.2) is 5.78 Å². The van der Waals surface area contributed by atoms with Gasteiger partial charge in [-0.1, -0.05) is 37.8 Å². The minimum Gasteiger partial charge on any atom is -0.325 e. The zero-order valence-electron chi connectivity index (χ0n) is 11.1. The van der Waals surface area contributed by atoms with Crippen LogP contribution in [0.25, 0.3) is 0 Å². The molecule has 1 aliphatic rings. The zero-order valence-corrected chi connectivity index (χ0v) is 11.8. The van der Waals surface area contributed by atoms with E-state index < -0.39 is 0 Å². The van der Waals surface area contributed by atoms with Crippen LogP contribution < -0.4 is 5.32 Å². The molecule has 0 fully saturated rings. The Bertz CT molecular complexity index is 511. The van der Waals surface area contributed by atoms with E-state index in [1.54, 1.807) is 12.1 Å². The zero-order chi connectivity index (χ0) is 13.8. The maximum atomic E-state index is 12.1. The first-order valence-electron chi connectivity index (χ1n) is 6.77. The summed E-state index contributed by atoms with van der Waals surface area (Å²) < 4.78 is 0. The van der Waals surface area contributed by atoms with Gasteiger partial charge in [0.25, 0.3) is 0 Å². The van der Waals surface area contributed by atoms with Crippen molar-refractivity contribution in [3.63, 3.8) is 0 Å². The van der Waals surface area contributed by atoms with E-state index >= 15 is 0 Å². The van der Waals surface area contributed by atoms with Gasteiger partial charge in [0.2, 0.25) is 5.91 Å². The maximum absolute atomic E-state index is 12.1.